The highest BCUT2D eigenvalue weighted by Gasteiger charge is 1.95. The third kappa shape index (κ3) is 0.908. The van der Waals surface area contributed by atoms with Crippen LogP contribution in [0.5, 0.6) is 0 Å². The quantitative estimate of drug-likeness (QED) is 0.403. The van der Waals surface area contributed by atoms with Crippen molar-refractivity contribution in [2.75, 3.05) is 13.2 Å². The molecule has 0 amide bonds. The summed E-state index contributed by atoms with van der Waals surface area (Å²) in [5, 5.41) is 3.96. The molecule has 0 aliphatic carbocycles. The number of hydrogen-bond donors (Lipinski definition) is 1. The highest BCUT2D eigenvalue weighted by atomic mass is 17.5. The molecule has 0 radical (unpaired) electrons. The van der Waals surface area contributed by atoms with Gasteiger partial charge in [-0.05, 0) is 5.04 Å². The zero-order valence-electron chi connectivity index (χ0n) is 3.14. The highest BCUT2D eigenvalue weighted by Crippen LogP contribution is 1.81. The van der Waals surface area contributed by atoms with Crippen LogP contribution < -0.4 is 5.48 Å². The Labute approximate surface area is 34.8 Å². The Hall–Kier alpha value is -0.160. The smallest absolute Gasteiger partial charge is 0.100 e. The average molecular weight is 91.1 g/mol. The number of hydroxylamine groups is 1. The second-order valence-electron chi connectivity index (χ2n) is 0.868. The van der Waals surface area contributed by atoms with Gasteiger partial charge in [-0.2, -0.15) is 5.48 Å². The van der Waals surface area contributed by atoms with Crippen molar-refractivity contribution in [3.8, 4) is 0 Å². The van der Waals surface area contributed by atoms with Crippen molar-refractivity contribution < 1.29 is 14.9 Å². The van der Waals surface area contributed by atoms with Crippen LogP contribution in [0.2, 0.25) is 0 Å². The fourth-order valence-corrected chi connectivity index (χ4v) is 0.207. The summed E-state index contributed by atoms with van der Waals surface area (Å²) in [4.78, 5) is 8.38. The van der Waals surface area contributed by atoms with Gasteiger partial charge in [0.15, 0.2) is 0 Å². The van der Waals surface area contributed by atoms with Crippen LogP contribution in [0.25, 0.3) is 0 Å². The van der Waals surface area contributed by atoms with Crippen LogP contribution in [0.15, 0.2) is 0 Å². The Bertz CT molecular complexity index is 24.3. The minimum absolute atomic E-state index is 0.542. The van der Waals surface area contributed by atoms with Crippen molar-refractivity contribution in [3.63, 3.8) is 0 Å². The number of nitrogens with one attached hydrogen (secondary N) is 1. The van der Waals surface area contributed by atoms with E-state index in [-0.39, 0.29) is 0 Å². The van der Waals surface area contributed by atoms with E-state index < -0.39 is 0 Å². The maximum absolute atomic E-state index is 4.28. The molecule has 1 rings (SSSR count). The van der Waals surface area contributed by atoms with Crippen LogP contribution in [-0.4, -0.2) is 13.2 Å². The molecule has 1 fully saturated rings. The monoisotopic (exact) mass is 91.0 g/mol. The Morgan fingerprint density at radius 3 is 2.67 bits per heavy atom. The predicted molar refractivity (Wildman–Crippen MR) is 16.1 cm³/mol. The summed E-state index contributed by atoms with van der Waals surface area (Å²) in [7, 11) is 0. The van der Waals surface area contributed by atoms with Gasteiger partial charge in [0.05, 0.1) is 6.54 Å². The normalized spacial score (nSPS) is 24.0. The van der Waals surface area contributed by atoms with Gasteiger partial charge in [-0.25, -0.2) is 4.89 Å². The molecule has 0 aromatic rings. The molecule has 0 unspecified atom stereocenters. The largest absolute Gasteiger partial charge is 0.203 e. The third-order valence-corrected chi connectivity index (χ3v) is 0.429. The van der Waals surface area contributed by atoms with Crippen LogP contribution >= 0.6 is 0 Å². The van der Waals surface area contributed by atoms with Crippen LogP contribution in [0.3, 0.4) is 0 Å². The number of rotatable bonds is 0. The highest BCUT2D eigenvalue weighted by molar-refractivity contribution is 4.25. The summed E-state index contributed by atoms with van der Waals surface area (Å²) in [5.41, 5.74) is 2.44. The van der Waals surface area contributed by atoms with Crippen molar-refractivity contribution in [1.82, 2.24) is 5.48 Å². The minimum Gasteiger partial charge on any atom is -0.203 e. The summed E-state index contributed by atoms with van der Waals surface area (Å²) in [6.45, 7) is 1.22. The molecule has 0 aromatic heterocycles. The molecular weight excluding hydrogens is 86.0 g/mol. The van der Waals surface area contributed by atoms with Crippen molar-refractivity contribution in [3.05, 3.63) is 0 Å². The summed E-state index contributed by atoms with van der Waals surface area (Å²) < 4.78 is 0. The van der Waals surface area contributed by atoms with E-state index in [1.165, 1.54) is 0 Å². The van der Waals surface area contributed by atoms with Gasteiger partial charge in [-0.15, -0.1) is 4.99 Å². The lowest BCUT2D eigenvalue weighted by Crippen LogP contribution is -2.26. The molecule has 0 saturated carbocycles. The molecule has 36 valence electrons. The molecule has 1 aliphatic heterocycles. The molecule has 0 bridgehead atoms. The molecule has 1 aliphatic rings. The number of hydrogen-bond acceptors (Lipinski definition) is 4. The van der Waals surface area contributed by atoms with E-state index in [0.717, 1.165) is 0 Å². The Kier molecular flexibility index (Phi) is 1.40. The average Bonchev–Trinajstić information content (AvgIpc) is 1.72. The van der Waals surface area contributed by atoms with Crippen LogP contribution in [0.4, 0.5) is 0 Å². The van der Waals surface area contributed by atoms with Crippen LogP contribution in [-0.2, 0) is 14.9 Å². The van der Waals surface area contributed by atoms with E-state index in [1.807, 2.05) is 0 Å². The van der Waals surface area contributed by atoms with Gasteiger partial charge in [0.2, 0.25) is 0 Å². The van der Waals surface area contributed by atoms with Gasteiger partial charge in [0, 0.05) is 0 Å². The lowest BCUT2D eigenvalue weighted by Gasteiger charge is -2.07. The molecule has 1 N–H and O–H groups in total. The standard InChI is InChI=1S/C2H5NO3/c1-2-4-6-5-3-1/h3H,1-2H2. The summed E-state index contributed by atoms with van der Waals surface area (Å²) in [6, 6.07) is 0. The van der Waals surface area contributed by atoms with E-state index in [2.05, 4.69) is 20.4 Å². The molecule has 0 aromatic carbocycles. The van der Waals surface area contributed by atoms with E-state index >= 15 is 0 Å². The molecular formula is C2H5NO3. The predicted octanol–water partition coefficient (Wildman–Crippen LogP) is -0.616. The third-order valence-electron chi connectivity index (χ3n) is 0.429. The molecule has 0 spiro atoms. The second kappa shape index (κ2) is 2.09. The Morgan fingerprint density at radius 1 is 1.50 bits per heavy atom. The Morgan fingerprint density at radius 2 is 2.50 bits per heavy atom. The first kappa shape index (κ1) is 4.01. The SMILES string of the molecule is C1COOON1. The topological polar surface area (TPSA) is 39.7 Å². The maximum Gasteiger partial charge on any atom is 0.100 e. The molecule has 1 heterocycles. The lowest BCUT2D eigenvalue weighted by molar-refractivity contribution is -0.554. The molecule has 4 heteroatoms. The summed E-state index contributed by atoms with van der Waals surface area (Å²) in [6.07, 6.45) is 0. The van der Waals surface area contributed by atoms with Crippen molar-refractivity contribution in [1.29, 1.82) is 0 Å². The maximum atomic E-state index is 4.28. The van der Waals surface area contributed by atoms with E-state index in [4.69, 9.17) is 0 Å². The van der Waals surface area contributed by atoms with Gasteiger partial charge in [-0.1, -0.05) is 0 Å². The van der Waals surface area contributed by atoms with Gasteiger partial charge in [-0.3, -0.25) is 0 Å². The fraction of sp³-hybridized carbons (Fsp3) is 1.00. The first-order valence-corrected chi connectivity index (χ1v) is 1.68. The minimum atomic E-state index is 0.542. The van der Waals surface area contributed by atoms with E-state index in [0.29, 0.717) is 13.2 Å². The van der Waals surface area contributed by atoms with Crippen LogP contribution in [0.1, 0.15) is 0 Å². The van der Waals surface area contributed by atoms with E-state index in [9.17, 15) is 0 Å². The van der Waals surface area contributed by atoms with Gasteiger partial charge < -0.3 is 0 Å². The Balaban J connectivity index is 2.00. The van der Waals surface area contributed by atoms with Crippen molar-refractivity contribution >= 4 is 0 Å². The zero-order valence-corrected chi connectivity index (χ0v) is 3.14. The first-order chi connectivity index (χ1) is 3.00. The summed E-state index contributed by atoms with van der Waals surface area (Å²) in [5.74, 6) is 0. The van der Waals surface area contributed by atoms with Gasteiger partial charge >= 0.3 is 0 Å². The second-order valence-corrected chi connectivity index (χ2v) is 0.868. The zero-order chi connectivity index (χ0) is 4.24. The molecule has 0 atom stereocenters. The van der Waals surface area contributed by atoms with Crippen molar-refractivity contribution in [2.45, 2.75) is 0 Å². The van der Waals surface area contributed by atoms with Gasteiger partial charge in [0.25, 0.3) is 0 Å². The van der Waals surface area contributed by atoms with Crippen molar-refractivity contribution in [2.24, 2.45) is 0 Å². The first-order valence-electron chi connectivity index (χ1n) is 1.68. The molecule has 4 nitrogen and oxygen atoms in total. The molecule has 6 heavy (non-hydrogen) atoms. The molecule has 1 saturated heterocycles. The van der Waals surface area contributed by atoms with Gasteiger partial charge in [0.1, 0.15) is 6.61 Å². The fourth-order valence-electron chi connectivity index (χ4n) is 0.207. The van der Waals surface area contributed by atoms with E-state index in [1.54, 1.807) is 0 Å². The summed E-state index contributed by atoms with van der Waals surface area (Å²) >= 11 is 0. The van der Waals surface area contributed by atoms with Crippen LogP contribution in [0, 0.1) is 0 Å². The lowest BCUT2D eigenvalue weighted by atomic mass is 10.7.